The summed E-state index contributed by atoms with van der Waals surface area (Å²) in [7, 11) is 1.54. The third-order valence-corrected chi connectivity index (χ3v) is 3.62. The van der Waals surface area contributed by atoms with Crippen molar-refractivity contribution in [3.63, 3.8) is 0 Å². The zero-order valence-electron chi connectivity index (χ0n) is 11.8. The van der Waals surface area contributed by atoms with Crippen LogP contribution in [-0.4, -0.2) is 42.1 Å². The van der Waals surface area contributed by atoms with Crippen molar-refractivity contribution in [1.82, 2.24) is 4.90 Å². The first-order valence-electron chi connectivity index (χ1n) is 6.67. The molecular weight excluding hydrogens is 258 g/mol. The van der Waals surface area contributed by atoms with Crippen molar-refractivity contribution in [2.24, 2.45) is 5.92 Å². The van der Waals surface area contributed by atoms with Crippen LogP contribution in [0.15, 0.2) is 18.2 Å². The zero-order valence-corrected chi connectivity index (χ0v) is 11.8. The summed E-state index contributed by atoms with van der Waals surface area (Å²) in [4.78, 5) is 24.9. The Hall–Kier alpha value is -2.04. The van der Waals surface area contributed by atoms with E-state index in [0.717, 1.165) is 12.0 Å². The third kappa shape index (κ3) is 3.10. The number of carbonyl (C=O) groups excluding carboxylic acids is 1. The van der Waals surface area contributed by atoms with Crippen LogP contribution in [0.4, 0.5) is 0 Å². The largest absolute Gasteiger partial charge is 0.496 e. The van der Waals surface area contributed by atoms with Gasteiger partial charge in [-0.2, -0.15) is 0 Å². The summed E-state index contributed by atoms with van der Waals surface area (Å²) in [5, 5.41) is 8.81. The molecule has 108 valence electrons. The topological polar surface area (TPSA) is 66.8 Å². The molecule has 5 heteroatoms. The third-order valence-electron chi connectivity index (χ3n) is 3.62. The van der Waals surface area contributed by atoms with E-state index in [-0.39, 0.29) is 18.2 Å². The highest BCUT2D eigenvalue weighted by molar-refractivity contribution is 5.97. The van der Waals surface area contributed by atoms with Crippen LogP contribution in [0.25, 0.3) is 0 Å². The predicted molar refractivity (Wildman–Crippen MR) is 74.0 cm³/mol. The molecule has 1 atom stereocenters. The number of methoxy groups -OCH3 is 1. The zero-order chi connectivity index (χ0) is 14.7. The number of carboxylic acid groups (broad SMARTS) is 1. The van der Waals surface area contributed by atoms with Crippen molar-refractivity contribution < 1.29 is 19.4 Å². The molecule has 2 rings (SSSR count). The lowest BCUT2D eigenvalue weighted by molar-refractivity contribution is -0.138. The molecule has 1 fully saturated rings. The van der Waals surface area contributed by atoms with E-state index in [2.05, 4.69) is 0 Å². The number of hydrogen-bond acceptors (Lipinski definition) is 3. The molecule has 0 saturated carbocycles. The van der Waals surface area contributed by atoms with Crippen LogP contribution in [0, 0.1) is 12.8 Å². The summed E-state index contributed by atoms with van der Waals surface area (Å²) >= 11 is 0. The van der Waals surface area contributed by atoms with Gasteiger partial charge in [-0.3, -0.25) is 9.59 Å². The Morgan fingerprint density at radius 3 is 2.85 bits per heavy atom. The molecule has 1 unspecified atom stereocenters. The standard InChI is InChI=1S/C15H19NO4/c1-10-3-4-13(20-2)12(7-10)15(19)16-6-5-11(9-16)8-14(17)18/h3-4,7,11H,5-6,8-9H2,1-2H3,(H,17,18). The number of carbonyl (C=O) groups is 2. The smallest absolute Gasteiger partial charge is 0.303 e. The molecule has 1 aromatic carbocycles. The molecule has 0 bridgehead atoms. The van der Waals surface area contributed by atoms with E-state index in [1.807, 2.05) is 19.1 Å². The van der Waals surface area contributed by atoms with Crippen LogP contribution < -0.4 is 4.74 Å². The number of aliphatic carboxylic acids is 1. The number of ether oxygens (including phenoxy) is 1. The minimum atomic E-state index is -0.808. The van der Waals surface area contributed by atoms with Gasteiger partial charge >= 0.3 is 5.97 Å². The monoisotopic (exact) mass is 277 g/mol. The van der Waals surface area contributed by atoms with Crippen LogP contribution in [0.5, 0.6) is 5.75 Å². The highest BCUT2D eigenvalue weighted by Crippen LogP contribution is 2.26. The Morgan fingerprint density at radius 1 is 1.45 bits per heavy atom. The van der Waals surface area contributed by atoms with Crippen LogP contribution in [0.2, 0.25) is 0 Å². The lowest BCUT2D eigenvalue weighted by Gasteiger charge is -2.18. The number of aryl methyl sites for hydroxylation is 1. The van der Waals surface area contributed by atoms with Gasteiger partial charge in [0.05, 0.1) is 12.7 Å². The van der Waals surface area contributed by atoms with E-state index in [1.165, 1.54) is 0 Å². The maximum Gasteiger partial charge on any atom is 0.303 e. The van der Waals surface area contributed by atoms with E-state index in [1.54, 1.807) is 18.1 Å². The lowest BCUT2D eigenvalue weighted by Crippen LogP contribution is -2.29. The van der Waals surface area contributed by atoms with Gasteiger partial charge < -0.3 is 14.7 Å². The van der Waals surface area contributed by atoms with Gasteiger partial charge in [0, 0.05) is 19.5 Å². The first kappa shape index (κ1) is 14.4. The molecule has 1 saturated heterocycles. The molecule has 1 aliphatic heterocycles. The van der Waals surface area contributed by atoms with E-state index in [9.17, 15) is 9.59 Å². The normalized spacial score (nSPS) is 18.1. The van der Waals surface area contributed by atoms with Gasteiger partial charge in [-0.25, -0.2) is 0 Å². The van der Waals surface area contributed by atoms with Gasteiger partial charge in [-0.1, -0.05) is 11.6 Å². The minimum Gasteiger partial charge on any atom is -0.496 e. The van der Waals surface area contributed by atoms with Gasteiger partial charge in [0.25, 0.3) is 5.91 Å². The lowest BCUT2D eigenvalue weighted by atomic mass is 10.1. The second-order valence-corrected chi connectivity index (χ2v) is 5.21. The molecule has 1 N–H and O–H groups in total. The Bertz CT molecular complexity index is 527. The summed E-state index contributed by atoms with van der Waals surface area (Å²) in [6.45, 7) is 3.03. The number of likely N-dealkylation sites (tertiary alicyclic amines) is 1. The van der Waals surface area contributed by atoms with Crippen LogP contribution in [-0.2, 0) is 4.79 Å². The maximum absolute atomic E-state index is 12.5. The number of benzene rings is 1. The van der Waals surface area contributed by atoms with Gasteiger partial charge in [0.2, 0.25) is 0 Å². The van der Waals surface area contributed by atoms with Crippen molar-refractivity contribution in [2.45, 2.75) is 19.8 Å². The van der Waals surface area contributed by atoms with Crippen molar-refractivity contribution in [3.8, 4) is 5.75 Å². The molecular formula is C15H19NO4. The Balaban J connectivity index is 2.12. The Kier molecular flexibility index (Phi) is 4.27. The molecule has 1 amide bonds. The fourth-order valence-electron chi connectivity index (χ4n) is 2.59. The molecule has 0 aliphatic carbocycles. The first-order valence-corrected chi connectivity index (χ1v) is 6.67. The predicted octanol–water partition coefficient (Wildman–Crippen LogP) is 1.94. The van der Waals surface area contributed by atoms with Gasteiger partial charge in [-0.15, -0.1) is 0 Å². The van der Waals surface area contributed by atoms with E-state index < -0.39 is 5.97 Å². The summed E-state index contributed by atoms with van der Waals surface area (Å²) in [5.74, 6) is -0.287. The van der Waals surface area contributed by atoms with Gasteiger partial charge in [0.1, 0.15) is 5.75 Å². The minimum absolute atomic E-state index is 0.0484. The van der Waals surface area contributed by atoms with Crippen molar-refractivity contribution >= 4 is 11.9 Å². The second kappa shape index (κ2) is 5.94. The number of hydrogen-bond donors (Lipinski definition) is 1. The maximum atomic E-state index is 12.5. The number of rotatable bonds is 4. The van der Waals surface area contributed by atoms with Crippen LogP contribution in [0.1, 0.15) is 28.8 Å². The van der Waals surface area contributed by atoms with Crippen LogP contribution >= 0.6 is 0 Å². The van der Waals surface area contributed by atoms with E-state index in [0.29, 0.717) is 24.4 Å². The average molecular weight is 277 g/mol. The fraction of sp³-hybridized carbons (Fsp3) is 0.467. The van der Waals surface area contributed by atoms with Crippen molar-refractivity contribution in [3.05, 3.63) is 29.3 Å². The number of nitrogens with zero attached hydrogens (tertiary/aromatic N) is 1. The Labute approximate surface area is 118 Å². The molecule has 1 heterocycles. The van der Waals surface area contributed by atoms with Gasteiger partial charge in [-0.05, 0) is 31.4 Å². The molecule has 20 heavy (non-hydrogen) atoms. The highest BCUT2D eigenvalue weighted by atomic mass is 16.5. The summed E-state index contributed by atoms with van der Waals surface area (Å²) in [6.07, 6.45) is 0.862. The summed E-state index contributed by atoms with van der Waals surface area (Å²) < 4.78 is 5.23. The Morgan fingerprint density at radius 2 is 2.20 bits per heavy atom. The van der Waals surface area contributed by atoms with Crippen molar-refractivity contribution in [2.75, 3.05) is 20.2 Å². The summed E-state index contributed by atoms with van der Waals surface area (Å²) in [5.41, 5.74) is 1.54. The molecule has 1 aliphatic rings. The molecule has 0 aromatic heterocycles. The van der Waals surface area contributed by atoms with Gasteiger partial charge in [0.15, 0.2) is 0 Å². The van der Waals surface area contributed by atoms with Crippen LogP contribution in [0.3, 0.4) is 0 Å². The summed E-state index contributed by atoms with van der Waals surface area (Å²) in [6, 6.07) is 5.49. The molecule has 0 spiro atoms. The molecule has 5 nitrogen and oxygen atoms in total. The SMILES string of the molecule is COc1ccc(C)cc1C(=O)N1CCC(CC(=O)O)C1. The van der Waals surface area contributed by atoms with E-state index in [4.69, 9.17) is 9.84 Å². The number of carboxylic acids is 1. The molecule has 1 aromatic rings. The fourth-order valence-corrected chi connectivity index (χ4v) is 2.59. The quantitative estimate of drug-likeness (QED) is 0.913. The average Bonchev–Trinajstić information content (AvgIpc) is 2.85. The van der Waals surface area contributed by atoms with E-state index >= 15 is 0 Å². The number of amides is 1. The highest BCUT2D eigenvalue weighted by Gasteiger charge is 2.29. The first-order chi connectivity index (χ1) is 9.51. The van der Waals surface area contributed by atoms with Crippen molar-refractivity contribution in [1.29, 1.82) is 0 Å². The molecule has 0 radical (unpaired) electrons. The second-order valence-electron chi connectivity index (χ2n) is 5.21.